The molecular weight excluding hydrogens is 266 g/mol. The second-order valence-electron chi connectivity index (χ2n) is 6.92. The molecule has 0 aliphatic carbocycles. The fourth-order valence-corrected chi connectivity index (χ4v) is 2.70. The van der Waals surface area contributed by atoms with Crippen molar-refractivity contribution in [2.75, 3.05) is 6.54 Å². The molecule has 1 aromatic heterocycles. The van der Waals surface area contributed by atoms with Crippen LogP contribution in [0.3, 0.4) is 0 Å². The van der Waals surface area contributed by atoms with Crippen molar-refractivity contribution in [1.29, 1.82) is 0 Å². The topological polar surface area (TPSA) is 67.2 Å². The molecule has 5 nitrogen and oxygen atoms in total. The van der Waals surface area contributed by atoms with E-state index < -0.39 is 5.60 Å². The van der Waals surface area contributed by atoms with E-state index in [-0.39, 0.29) is 11.8 Å². The van der Waals surface area contributed by atoms with E-state index in [0.717, 1.165) is 31.5 Å². The second kappa shape index (κ2) is 6.60. The Kier molecular flexibility index (Phi) is 5.04. The van der Waals surface area contributed by atoms with Gasteiger partial charge in [0.05, 0.1) is 11.9 Å². The van der Waals surface area contributed by atoms with E-state index in [1.54, 1.807) is 6.92 Å². The van der Waals surface area contributed by atoms with Crippen LogP contribution in [0.25, 0.3) is 0 Å². The molecule has 2 heterocycles. The number of fused-ring (bicyclic) bond motifs is 1. The minimum Gasteiger partial charge on any atom is -0.388 e. The third-order valence-corrected chi connectivity index (χ3v) is 4.25. The van der Waals surface area contributed by atoms with Gasteiger partial charge in [0, 0.05) is 37.3 Å². The smallest absolute Gasteiger partial charge is 0.223 e. The lowest BCUT2D eigenvalue weighted by molar-refractivity contribution is -0.126. The first kappa shape index (κ1) is 16.0. The minimum atomic E-state index is -0.823. The molecule has 5 heteroatoms. The van der Waals surface area contributed by atoms with Crippen molar-refractivity contribution in [3.8, 4) is 0 Å². The molecule has 0 saturated heterocycles. The highest BCUT2D eigenvalue weighted by atomic mass is 16.3. The summed E-state index contributed by atoms with van der Waals surface area (Å²) in [7, 11) is 0. The lowest BCUT2D eigenvalue weighted by atomic mass is 9.93. The van der Waals surface area contributed by atoms with Crippen molar-refractivity contribution < 1.29 is 9.90 Å². The maximum absolute atomic E-state index is 12.3. The number of hydrogen-bond donors (Lipinski definition) is 2. The Morgan fingerprint density at radius 1 is 1.62 bits per heavy atom. The van der Waals surface area contributed by atoms with Crippen LogP contribution < -0.4 is 5.32 Å². The molecule has 0 fully saturated rings. The zero-order chi connectivity index (χ0) is 15.5. The van der Waals surface area contributed by atoms with Crippen LogP contribution in [0.1, 0.15) is 45.7 Å². The van der Waals surface area contributed by atoms with E-state index in [4.69, 9.17) is 0 Å². The summed E-state index contributed by atoms with van der Waals surface area (Å²) in [5.41, 5.74) is 0.295. The number of hydrogen-bond acceptors (Lipinski definition) is 3. The Balaban J connectivity index is 1.80. The third-order valence-electron chi connectivity index (χ3n) is 4.25. The van der Waals surface area contributed by atoms with Crippen molar-refractivity contribution >= 4 is 5.91 Å². The molecule has 0 bridgehead atoms. The highest BCUT2D eigenvalue weighted by Gasteiger charge is 2.27. The average molecular weight is 293 g/mol. The summed E-state index contributed by atoms with van der Waals surface area (Å²) in [5, 5.41) is 13.2. The number of rotatable bonds is 6. The van der Waals surface area contributed by atoms with Crippen molar-refractivity contribution in [1.82, 2.24) is 14.9 Å². The van der Waals surface area contributed by atoms with Crippen LogP contribution in [0.2, 0.25) is 0 Å². The molecule has 1 aliphatic rings. The Morgan fingerprint density at radius 2 is 2.38 bits per heavy atom. The summed E-state index contributed by atoms with van der Waals surface area (Å²) in [5.74, 6) is 0.605. The average Bonchev–Trinajstić information content (AvgIpc) is 2.90. The van der Waals surface area contributed by atoms with Gasteiger partial charge in [-0.15, -0.1) is 0 Å². The number of aryl methyl sites for hydroxylation is 1. The maximum atomic E-state index is 12.3. The summed E-state index contributed by atoms with van der Waals surface area (Å²) >= 11 is 0. The molecule has 118 valence electrons. The Morgan fingerprint density at radius 3 is 3.10 bits per heavy atom. The van der Waals surface area contributed by atoms with Crippen LogP contribution in [0.15, 0.2) is 12.5 Å². The van der Waals surface area contributed by atoms with Crippen LogP contribution in [-0.4, -0.2) is 32.7 Å². The van der Waals surface area contributed by atoms with Crippen LogP contribution in [0.5, 0.6) is 0 Å². The van der Waals surface area contributed by atoms with E-state index in [1.807, 2.05) is 12.5 Å². The normalized spacial score (nSPS) is 20.9. The Bertz CT molecular complexity index is 480. The number of aromatic nitrogens is 2. The van der Waals surface area contributed by atoms with Gasteiger partial charge in [-0.3, -0.25) is 4.79 Å². The number of amides is 1. The number of carbonyl (C=O) groups is 1. The molecule has 0 spiro atoms. The van der Waals surface area contributed by atoms with E-state index >= 15 is 0 Å². The molecule has 2 N–H and O–H groups in total. The molecule has 1 amide bonds. The van der Waals surface area contributed by atoms with Gasteiger partial charge in [0.2, 0.25) is 5.91 Å². The van der Waals surface area contributed by atoms with Gasteiger partial charge in [-0.25, -0.2) is 4.98 Å². The van der Waals surface area contributed by atoms with Crippen LogP contribution in [0.4, 0.5) is 0 Å². The maximum Gasteiger partial charge on any atom is 0.223 e. The monoisotopic (exact) mass is 293 g/mol. The number of carbonyl (C=O) groups excluding carboxylic acids is 1. The summed E-state index contributed by atoms with van der Waals surface area (Å²) in [6.45, 7) is 7.25. The summed E-state index contributed by atoms with van der Waals surface area (Å²) in [6, 6.07) is 0. The highest BCUT2D eigenvalue weighted by Crippen LogP contribution is 2.21. The Labute approximate surface area is 126 Å². The van der Waals surface area contributed by atoms with E-state index in [9.17, 15) is 9.90 Å². The van der Waals surface area contributed by atoms with Crippen molar-refractivity contribution in [3.05, 3.63) is 18.2 Å². The van der Waals surface area contributed by atoms with Crippen LogP contribution in [-0.2, 0) is 17.8 Å². The lowest BCUT2D eigenvalue weighted by Gasteiger charge is -2.27. The first-order valence-corrected chi connectivity index (χ1v) is 7.86. The molecule has 2 unspecified atom stereocenters. The lowest BCUT2D eigenvalue weighted by Crippen LogP contribution is -2.44. The van der Waals surface area contributed by atoms with E-state index in [0.29, 0.717) is 18.9 Å². The zero-order valence-electron chi connectivity index (χ0n) is 13.3. The predicted octanol–water partition coefficient (Wildman–Crippen LogP) is 1.75. The summed E-state index contributed by atoms with van der Waals surface area (Å²) in [4.78, 5) is 16.4. The van der Waals surface area contributed by atoms with Crippen molar-refractivity contribution in [3.63, 3.8) is 0 Å². The first-order valence-electron chi connectivity index (χ1n) is 7.86. The molecule has 0 aromatic carbocycles. The largest absolute Gasteiger partial charge is 0.388 e. The SMILES string of the molecule is CC(C)CCC(C)(O)CNC(=O)C1CCn2cncc2C1. The van der Waals surface area contributed by atoms with E-state index in [1.165, 1.54) is 0 Å². The fraction of sp³-hybridized carbons (Fsp3) is 0.750. The fourth-order valence-electron chi connectivity index (χ4n) is 2.70. The zero-order valence-corrected chi connectivity index (χ0v) is 13.3. The molecule has 1 aliphatic heterocycles. The van der Waals surface area contributed by atoms with Crippen LogP contribution >= 0.6 is 0 Å². The van der Waals surface area contributed by atoms with Gasteiger partial charge in [-0.2, -0.15) is 0 Å². The number of imidazole rings is 1. The summed E-state index contributed by atoms with van der Waals surface area (Å²) in [6.07, 6.45) is 6.90. The van der Waals surface area contributed by atoms with Gasteiger partial charge in [0.1, 0.15) is 0 Å². The molecule has 21 heavy (non-hydrogen) atoms. The first-order chi connectivity index (χ1) is 9.87. The number of aliphatic hydroxyl groups is 1. The van der Waals surface area contributed by atoms with Gasteiger partial charge in [0.15, 0.2) is 0 Å². The highest BCUT2D eigenvalue weighted by molar-refractivity contribution is 5.79. The molecule has 2 rings (SSSR count). The quantitative estimate of drug-likeness (QED) is 0.839. The van der Waals surface area contributed by atoms with Crippen molar-refractivity contribution in [2.45, 2.75) is 58.6 Å². The number of nitrogens with zero attached hydrogens (tertiary/aromatic N) is 2. The van der Waals surface area contributed by atoms with Gasteiger partial charge < -0.3 is 15.0 Å². The van der Waals surface area contributed by atoms with Gasteiger partial charge >= 0.3 is 0 Å². The second-order valence-corrected chi connectivity index (χ2v) is 6.92. The van der Waals surface area contributed by atoms with Gasteiger partial charge in [-0.1, -0.05) is 13.8 Å². The number of nitrogens with one attached hydrogen (secondary N) is 1. The van der Waals surface area contributed by atoms with Gasteiger partial charge in [0.25, 0.3) is 0 Å². The molecule has 0 saturated carbocycles. The minimum absolute atomic E-state index is 0.00454. The van der Waals surface area contributed by atoms with E-state index in [2.05, 4.69) is 28.7 Å². The third kappa shape index (κ3) is 4.56. The van der Waals surface area contributed by atoms with Crippen molar-refractivity contribution in [2.24, 2.45) is 11.8 Å². The van der Waals surface area contributed by atoms with Gasteiger partial charge in [-0.05, 0) is 32.1 Å². The molecule has 0 radical (unpaired) electrons. The standard InChI is InChI=1S/C16H27N3O2/c1-12(2)4-6-16(3,21)10-18-15(20)13-5-7-19-11-17-9-14(19)8-13/h9,11-13,21H,4-8,10H2,1-3H3,(H,18,20). The van der Waals surface area contributed by atoms with Crippen LogP contribution in [0, 0.1) is 11.8 Å². The molecule has 2 atom stereocenters. The molecular formula is C16H27N3O2. The summed E-state index contributed by atoms with van der Waals surface area (Å²) < 4.78 is 2.10. The Hall–Kier alpha value is -1.36. The predicted molar refractivity (Wildman–Crippen MR) is 81.7 cm³/mol. The molecule has 1 aromatic rings.